The molecule has 0 saturated carbocycles. The number of benzene rings is 2. The molecule has 9 nitrogen and oxygen atoms in total. The van der Waals surface area contributed by atoms with Gasteiger partial charge in [0.05, 0.1) is 6.20 Å². The number of alkyl carbamates (subject to hydrolysis) is 1. The zero-order valence-corrected chi connectivity index (χ0v) is 19.8. The summed E-state index contributed by atoms with van der Waals surface area (Å²) in [5.41, 5.74) is 4.30. The fourth-order valence-corrected chi connectivity index (χ4v) is 4.41. The number of carbonyl (C=O) groups is 3. The lowest BCUT2D eigenvalue weighted by molar-refractivity contribution is -0.119. The molecular weight excluding hydrogens is 448 g/mol. The number of hydrogen-bond acceptors (Lipinski definition) is 5. The molecule has 9 heteroatoms. The van der Waals surface area contributed by atoms with Gasteiger partial charge in [0, 0.05) is 13.0 Å². The van der Waals surface area contributed by atoms with Crippen LogP contribution in [-0.4, -0.2) is 45.5 Å². The van der Waals surface area contributed by atoms with Crippen molar-refractivity contribution in [3.63, 3.8) is 0 Å². The normalized spacial score (nSPS) is 13.9. The molecule has 1 heterocycles. The number of nitrogens with one attached hydrogen (secondary N) is 2. The maximum atomic E-state index is 13.0. The van der Waals surface area contributed by atoms with Gasteiger partial charge < -0.3 is 20.5 Å². The number of rotatable bonds is 8. The molecule has 2 unspecified atom stereocenters. The van der Waals surface area contributed by atoms with E-state index in [1.165, 1.54) is 11.7 Å². The van der Waals surface area contributed by atoms with Gasteiger partial charge in [0.1, 0.15) is 24.0 Å². The van der Waals surface area contributed by atoms with E-state index in [2.05, 4.69) is 27.9 Å². The average Bonchev–Trinajstić information content (AvgIpc) is 3.38. The Morgan fingerprint density at radius 3 is 2.26 bits per heavy atom. The minimum Gasteiger partial charge on any atom is -0.477 e. The molecule has 0 spiro atoms. The molecule has 35 heavy (non-hydrogen) atoms. The van der Waals surface area contributed by atoms with Gasteiger partial charge >= 0.3 is 12.1 Å². The summed E-state index contributed by atoms with van der Waals surface area (Å²) in [6.45, 7) is 3.85. The molecular formula is C26H28N4O5. The van der Waals surface area contributed by atoms with Crippen molar-refractivity contribution in [3.8, 4) is 11.1 Å². The minimum atomic E-state index is -1.21. The second kappa shape index (κ2) is 10.0. The lowest BCUT2D eigenvalue weighted by Gasteiger charge is -2.24. The number of aromatic nitrogens is 2. The number of carboxylic acid groups (broad SMARTS) is 1. The second-order valence-electron chi connectivity index (χ2n) is 8.66. The summed E-state index contributed by atoms with van der Waals surface area (Å²) in [6, 6.07) is 15.2. The molecule has 0 radical (unpaired) electrons. The molecule has 0 aliphatic heterocycles. The molecule has 1 aromatic heterocycles. The number of carbonyl (C=O) groups excluding carboxylic acids is 2. The highest BCUT2D eigenvalue weighted by Gasteiger charge is 2.31. The van der Waals surface area contributed by atoms with E-state index in [4.69, 9.17) is 4.74 Å². The van der Waals surface area contributed by atoms with E-state index in [1.54, 1.807) is 0 Å². The molecule has 2 amide bonds. The van der Waals surface area contributed by atoms with E-state index < -0.39 is 24.0 Å². The van der Waals surface area contributed by atoms with Crippen LogP contribution in [0.3, 0.4) is 0 Å². The van der Waals surface area contributed by atoms with Crippen molar-refractivity contribution in [2.45, 2.75) is 32.2 Å². The standard InChI is InChI=1S/C26H28N4O5/c1-4-15(2)22(24(31)29-23-20(25(32)33)13-27-30(23)3)28-26(34)35-14-21-18-11-7-5-9-16(18)17-10-6-8-12-19(17)21/h5-13,15,21-22H,4,14H2,1-3H3,(H,28,34)(H,29,31)(H,32,33). The minimum absolute atomic E-state index is 0.0464. The summed E-state index contributed by atoms with van der Waals surface area (Å²) in [7, 11) is 1.53. The van der Waals surface area contributed by atoms with Crippen molar-refractivity contribution in [1.29, 1.82) is 0 Å². The first kappa shape index (κ1) is 24.0. The molecule has 1 aliphatic rings. The Kier molecular flexibility index (Phi) is 6.86. The number of hydrogen-bond donors (Lipinski definition) is 3. The van der Waals surface area contributed by atoms with Crippen LogP contribution in [0.25, 0.3) is 11.1 Å². The van der Waals surface area contributed by atoms with E-state index in [9.17, 15) is 19.5 Å². The zero-order valence-electron chi connectivity index (χ0n) is 19.8. The predicted molar refractivity (Wildman–Crippen MR) is 130 cm³/mol. The van der Waals surface area contributed by atoms with Gasteiger partial charge in [-0.1, -0.05) is 68.8 Å². The van der Waals surface area contributed by atoms with Crippen LogP contribution in [-0.2, 0) is 16.6 Å². The summed E-state index contributed by atoms with van der Waals surface area (Å²) in [5.74, 6) is -2.03. The lowest BCUT2D eigenvalue weighted by atomic mass is 9.98. The van der Waals surface area contributed by atoms with Crippen molar-refractivity contribution >= 4 is 23.8 Å². The van der Waals surface area contributed by atoms with E-state index in [1.807, 2.05) is 50.2 Å². The van der Waals surface area contributed by atoms with E-state index in [0.717, 1.165) is 28.5 Å². The molecule has 1 aliphatic carbocycles. The number of nitrogens with zero attached hydrogens (tertiary/aromatic N) is 2. The fourth-order valence-electron chi connectivity index (χ4n) is 4.41. The number of aromatic carboxylic acids is 1. The highest BCUT2D eigenvalue weighted by Crippen LogP contribution is 2.44. The third-order valence-electron chi connectivity index (χ3n) is 6.52. The van der Waals surface area contributed by atoms with Gasteiger partial charge in [-0.2, -0.15) is 5.10 Å². The molecule has 0 fully saturated rings. The lowest BCUT2D eigenvalue weighted by Crippen LogP contribution is -2.48. The van der Waals surface area contributed by atoms with Crippen molar-refractivity contribution < 1.29 is 24.2 Å². The van der Waals surface area contributed by atoms with Gasteiger partial charge in [-0.05, 0) is 28.2 Å². The summed E-state index contributed by atoms with van der Waals surface area (Å²) < 4.78 is 6.86. The Labute approximate surface area is 203 Å². The van der Waals surface area contributed by atoms with Crippen molar-refractivity contribution in [2.75, 3.05) is 11.9 Å². The van der Waals surface area contributed by atoms with Crippen LogP contribution in [0.2, 0.25) is 0 Å². The van der Waals surface area contributed by atoms with Crippen LogP contribution >= 0.6 is 0 Å². The summed E-state index contributed by atoms with van der Waals surface area (Å²) in [6.07, 6.45) is 1.06. The Bertz CT molecular complexity index is 1220. The number of aryl methyl sites for hydroxylation is 1. The Morgan fingerprint density at radius 1 is 1.09 bits per heavy atom. The topological polar surface area (TPSA) is 123 Å². The third kappa shape index (κ3) is 4.75. The van der Waals surface area contributed by atoms with Crippen molar-refractivity contribution in [3.05, 3.63) is 71.4 Å². The van der Waals surface area contributed by atoms with Crippen molar-refractivity contribution in [2.24, 2.45) is 13.0 Å². The number of ether oxygens (including phenoxy) is 1. The first-order chi connectivity index (χ1) is 16.8. The van der Waals surface area contributed by atoms with Crippen LogP contribution in [0, 0.1) is 5.92 Å². The van der Waals surface area contributed by atoms with Gasteiger partial charge in [0.2, 0.25) is 5.91 Å². The van der Waals surface area contributed by atoms with Crippen LogP contribution in [0.1, 0.15) is 47.7 Å². The monoisotopic (exact) mass is 476 g/mol. The largest absolute Gasteiger partial charge is 0.477 e. The van der Waals surface area contributed by atoms with Gasteiger partial charge in [-0.25, -0.2) is 9.59 Å². The first-order valence-electron chi connectivity index (χ1n) is 11.5. The number of carboxylic acids is 1. The molecule has 4 rings (SSSR count). The molecule has 2 atom stereocenters. The molecule has 0 saturated heterocycles. The Morgan fingerprint density at radius 2 is 1.69 bits per heavy atom. The van der Waals surface area contributed by atoms with E-state index in [-0.39, 0.29) is 29.8 Å². The summed E-state index contributed by atoms with van der Waals surface area (Å²) >= 11 is 0. The van der Waals surface area contributed by atoms with Crippen molar-refractivity contribution in [1.82, 2.24) is 15.1 Å². The van der Waals surface area contributed by atoms with Crippen LogP contribution in [0.15, 0.2) is 54.7 Å². The summed E-state index contributed by atoms with van der Waals surface area (Å²) in [4.78, 5) is 37.3. The second-order valence-corrected chi connectivity index (χ2v) is 8.66. The van der Waals surface area contributed by atoms with Gasteiger partial charge in [-0.3, -0.25) is 9.48 Å². The number of anilines is 1. The highest BCUT2D eigenvalue weighted by atomic mass is 16.5. The molecule has 0 bridgehead atoms. The van der Waals surface area contributed by atoms with E-state index >= 15 is 0 Å². The van der Waals surface area contributed by atoms with Gasteiger partial charge in [0.15, 0.2) is 0 Å². The van der Waals surface area contributed by atoms with Gasteiger partial charge in [0.25, 0.3) is 0 Å². The molecule has 2 aromatic carbocycles. The maximum absolute atomic E-state index is 13.0. The highest BCUT2D eigenvalue weighted by molar-refractivity contribution is 6.02. The number of amides is 2. The maximum Gasteiger partial charge on any atom is 0.407 e. The summed E-state index contributed by atoms with van der Waals surface area (Å²) in [5, 5.41) is 18.5. The number of fused-ring (bicyclic) bond motifs is 3. The molecule has 3 aromatic rings. The Hall–Kier alpha value is -4.14. The van der Waals surface area contributed by atoms with Crippen LogP contribution < -0.4 is 10.6 Å². The van der Waals surface area contributed by atoms with E-state index in [0.29, 0.717) is 6.42 Å². The predicted octanol–water partition coefficient (Wildman–Crippen LogP) is 4.01. The Balaban J connectivity index is 1.46. The van der Waals surface area contributed by atoms with Gasteiger partial charge in [-0.15, -0.1) is 0 Å². The van der Waals surface area contributed by atoms with Crippen LogP contribution in [0.5, 0.6) is 0 Å². The SMILES string of the molecule is CCC(C)C(NC(=O)OCC1c2ccccc2-c2ccccc21)C(=O)Nc1c(C(=O)O)cnn1C. The third-order valence-corrected chi connectivity index (χ3v) is 6.52. The fraction of sp³-hybridized carbons (Fsp3) is 0.308. The first-order valence-corrected chi connectivity index (χ1v) is 11.5. The molecule has 3 N–H and O–H groups in total. The van der Waals surface area contributed by atoms with Crippen LogP contribution in [0.4, 0.5) is 10.6 Å². The molecule has 182 valence electrons. The average molecular weight is 477 g/mol. The quantitative estimate of drug-likeness (QED) is 0.452. The smallest absolute Gasteiger partial charge is 0.407 e. The zero-order chi connectivity index (χ0) is 25.1.